The van der Waals surface area contributed by atoms with Gasteiger partial charge >= 0.3 is 0 Å². The van der Waals surface area contributed by atoms with E-state index >= 15 is 0 Å². The third kappa shape index (κ3) is 3.79. The standard InChI is InChI=1S/C16H19ClN2/c1-3-6-18-10-13-4-5-15(16(17)8-13)14-7-12(2)9-19-11-14/h4-5,7-9,11,18H,3,6,10H2,1-2H3. The molecule has 100 valence electrons. The van der Waals surface area contributed by atoms with Crippen molar-refractivity contribution in [1.82, 2.24) is 10.3 Å². The minimum atomic E-state index is 0.781. The Balaban J connectivity index is 2.19. The lowest BCUT2D eigenvalue weighted by atomic mass is 10.0. The van der Waals surface area contributed by atoms with E-state index in [1.54, 1.807) is 0 Å². The first kappa shape index (κ1) is 14.0. The summed E-state index contributed by atoms with van der Waals surface area (Å²) < 4.78 is 0. The number of aryl methyl sites for hydroxylation is 1. The second kappa shape index (κ2) is 6.69. The van der Waals surface area contributed by atoms with E-state index in [4.69, 9.17) is 11.6 Å². The molecule has 0 fully saturated rings. The highest BCUT2D eigenvalue weighted by Crippen LogP contribution is 2.28. The molecule has 2 nitrogen and oxygen atoms in total. The van der Waals surface area contributed by atoms with Crippen molar-refractivity contribution in [1.29, 1.82) is 0 Å². The molecular formula is C16H19ClN2. The summed E-state index contributed by atoms with van der Waals surface area (Å²) in [5.41, 5.74) is 4.46. The predicted octanol–water partition coefficient (Wildman–Crippen LogP) is 4.21. The van der Waals surface area contributed by atoms with Crippen LogP contribution in [0.4, 0.5) is 0 Å². The van der Waals surface area contributed by atoms with Gasteiger partial charge in [-0.3, -0.25) is 4.98 Å². The Labute approximate surface area is 119 Å². The summed E-state index contributed by atoms with van der Waals surface area (Å²) in [6.07, 6.45) is 4.84. The maximum atomic E-state index is 6.37. The third-order valence-corrected chi connectivity index (χ3v) is 3.29. The fourth-order valence-electron chi connectivity index (χ4n) is 2.01. The average Bonchev–Trinajstić information content (AvgIpc) is 2.39. The van der Waals surface area contributed by atoms with Crippen LogP contribution in [-0.4, -0.2) is 11.5 Å². The van der Waals surface area contributed by atoms with Gasteiger partial charge in [0.2, 0.25) is 0 Å². The van der Waals surface area contributed by atoms with E-state index in [1.165, 1.54) is 5.56 Å². The van der Waals surface area contributed by atoms with Crippen molar-refractivity contribution in [2.75, 3.05) is 6.54 Å². The lowest BCUT2D eigenvalue weighted by Gasteiger charge is -2.08. The molecule has 0 unspecified atom stereocenters. The second-order valence-corrected chi connectivity index (χ2v) is 5.15. The maximum absolute atomic E-state index is 6.37. The quantitative estimate of drug-likeness (QED) is 0.826. The summed E-state index contributed by atoms with van der Waals surface area (Å²) in [5, 5.41) is 4.16. The van der Waals surface area contributed by atoms with Crippen molar-refractivity contribution in [3.8, 4) is 11.1 Å². The van der Waals surface area contributed by atoms with Gasteiger partial charge in [0.1, 0.15) is 0 Å². The summed E-state index contributed by atoms with van der Waals surface area (Å²) in [7, 11) is 0. The van der Waals surface area contributed by atoms with Crippen molar-refractivity contribution in [3.05, 3.63) is 52.8 Å². The fourth-order valence-corrected chi connectivity index (χ4v) is 2.33. The van der Waals surface area contributed by atoms with Crippen molar-refractivity contribution < 1.29 is 0 Å². The van der Waals surface area contributed by atoms with Gasteiger partial charge in [0.15, 0.2) is 0 Å². The SMILES string of the molecule is CCCNCc1ccc(-c2cncc(C)c2)c(Cl)c1. The van der Waals surface area contributed by atoms with E-state index in [0.29, 0.717) is 0 Å². The summed E-state index contributed by atoms with van der Waals surface area (Å²) in [5.74, 6) is 0. The fraction of sp³-hybridized carbons (Fsp3) is 0.312. The summed E-state index contributed by atoms with van der Waals surface area (Å²) >= 11 is 6.37. The van der Waals surface area contributed by atoms with E-state index in [1.807, 2.05) is 25.4 Å². The molecule has 0 radical (unpaired) electrons. The Morgan fingerprint density at radius 1 is 1.21 bits per heavy atom. The number of benzene rings is 1. The van der Waals surface area contributed by atoms with Crippen LogP contribution in [0, 0.1) is 6.92 Å². The molecule has 0 atom stereocenters. The molecule has 0 spiro atoms. The first-order valence-corrected chi connectivity index (χ1v) is 6.99. The van der Waals surface area contributed by atoms with Crippen molar-refractivity contribution in [2.45, 2.75) is 26.8 Å². The minimum Gasteiger partial charge on any atom is -0.313 e. The van der Waals surface area contributed by atoms with Gasteiger partial charge in [-0.05, 0) is 43.1 Å². The maximum Gasteiger partial charge on any atom is 0.0488 e. The zero-order valence-corrected chi connectivity index (χ0v) is 12.2. The Bertz CT molecular complexity index is 552. The van der Waals surface area contributed by atoms with Crippen LogP contribution in [0.2, 0.25) is 5.02 Å². The number of aromatic nitrogens is 1. The average molecular weight is 275 g/mol. The van der Waals surface area contributed by atoms with Crippen molar-refractivity contribution in [2.24, 2.45) is 0 Å². The zero-order valence-electron chi connectivity index (χ0n) is 11.4. The molecule has 2 rings (SSSR count). The molecule has 0 aliphatic carbocycles. The molecule has 3 heteroatoms. The Morgan fingerprint density at radius 2 is 2.05 bits per heavy atom. The number of rotatable bonds is 5. The van der Waals surface area contributed by atoms with Crippen LogP contribution < -0.4 is 5.32 Å². The highest BCUT2D eigenvalue weighted by molar-refractivity contribution is 6.33. The third-order valence-electron chi connectivity index (χ3n) is 2.98. The van der Waals surface area contributed by atoms with Gasteiger partial charge < -0.3 is 5.32 Å². The van der Waals surface area contributed by atoms with Crippen LogP contribution in [0.15, 0.2) is 36.7 Å². The van der Waals surface area contributed by atoms with Gasteiger partial charge in [-0.1, -0.05) is 30.7 Å². The monoisotopic (exact) mass is 274 g/mol. The van der Waals surface area contributed by atoms with Gasteiger partial charge in [-0.25, -0.2) is 0 Å². The molecule has 1 heterocycles. The Morgan fingerprint density at radius 3 is 2.74 bits per heavy atom. The highest BCUT2D eigenvalue weighted by atomic mass is 35.5. The van der Waals surface area contributed by atoms with Crippen LogP contribution in [-0.2, 0) is 6.54 Å². The molecule has 0 amide bonds. The van der Waals surface area contributed by atoms with E-state index < -0.39 is 0 Å². The number of hydrogen-bond donors (Lipinski definition) is 1. The lowest BCUT2D eigenvalue weighted by Crippen LogP contribution is -2.13. The van der Waals surface area contributed by atoms with Crippen LogP contribution in [0.25, 0.3) is 11.1 Å². The number of nitrogens with zero attached hydrogens (tertiary/aromatic N) is 1. The van der Waals surface area contributed by atoms with E-state index in [-0.39, 0.29) is 0 Å². The summed E-state index contributed by atoms with van der Waals surface area (Å²) in [6.45, 7) is 6.09. The van der Waals surface area contributed by atoms with Gasteiger partial charge in [-0.2, -0.15) is 0 Å². The largest absolute Gasteiger partial charge is 0.313 e. The molecule has 0 aliphatic heterocycles. The Kier molecular flexibility index (Phi) is 4.94. The smallest absolute Gasteiger partial charge is 0.0488 e. The van der Waals surface area contributed by atoms with E-state index in [9.17, 15) is 0 Å². The van der Waals surface area contributed by atoms with Crippen LogP contribution in [0.5, 0.6) is 0 Å². The molecule has 2 aromatic rings. The second-order valence-electron chi connectivity index (χ2n) is 4.74. The van der Waals surface area contributed by atoms with E-state index in [2.05, 4.69) is 35.4 Å². The molecule has 0 saturated carbocycles. The normalized spacial score (nSPS) is 10.7. The number of halogens is 1. The van der Waals surface area contributed by atoms with Crippen molar-refractivity contribution >= 4 is 11.6 Å². The Hall–Kier alpha value is -1.38. The minimum absolute atomic E-state index is 0.781. The molecule has 19 heavy (non-hydrogen) atoms. The van der Waals surface area contributed by atoms with Gasteiger partial charge in [-0.15, -0.1) is 0 Å². The highest BCUT2D eigenvalue weighted by Gasteiger charge is 2.05. The molecule has 1 aromatic heterocycles. The lowest BCUT2D eigenvalue weighted by molar-refractivity contribution is 0.675. The van der Waals surface area contributed by atoms with E-state index in [0.717, 1.165) is 41.2 Å². The van der Waals surface area contributed by atoms with Crippen LogP contribution >= 0.6 is 11.6 Å². The zero-order chi connectivity index (χ0) is 13.7. The number of pyridine rings is 1. The molecule has 0 bridgehead atoms. The molecule has 0 saturated heterocycles. The predicted molar refractivity (Wildman–Crippen MR) is 81.4 cm³/mol. The number of nitrogens with one attached hydrogen (secondary N) is 1. The first-order valence-electron chi connectivity index (χ1n) is 6.62. The van der Waals surface area contributed by atoms with Crippen molar-refractivity contribution in [3.63, 3.8) is 0 Å². The molecule has 1 aromatic carbocycles. The van der Waals surface area contributed by atoms with Gasteiger partial charge in [0, 0.05) is 35.1 Å². The topological polar surface area (TPSA) is 24.9 Å². The number of hydrogen-bond acceptors (Lipinski definition) is 2. The summed E-state index contributed by atoms with van der Waals surface area (Å²) in [4.78, 5) is 4.21. The molecular weight excluding hydrogens is 256 g/mol. The van der Waals surface area contributed by atoms with Crippen LogP contribution in [0.3, 0.4) is 0 Å². The van der Waals surface area contributed by atoms with Crippen LogP contribution in [0.1, 0.15) is 24.5 Å². The summed E-state index contributed by atoms with van der Waals surface area (Å²) in [6, 6.07) is 8.32. The van der Waals surface area contributed by atoms with Gasteiger partial charge in [0.05, 0.1) is 0 Å². The van der Waals surface area contributed by atoms with Gasteiger partial charge in [0.25, 0.3) is 0 Å². The molecule has 0 aliphatic rings. The first-order chi connectivity index (χ1) is 9.20. The molecule has 1 N–H and O–H groups in total.